The maximum absolute atomic E-state index is 12.6. The maximum atomic E-state index is 12.6. The van der Waals surface area contributed by atoms with Crippen LogP contribution >= 0.6 is 11.3 Å². The van der Waals surface area contributed by atoms with Crippen LogP contribution in [0.1, 0.15) is 48.4 Å². The van der Waals surface area contributed by atoms with Crippen LogP contribution in [-0.2, 0) is 14.2 Å². The second-order valence-electron chi connectivity index (χ2n) is 5.93. The summed E-state index contributed by atoms with van der Waals surface area (Å²) in [4.78, 5) is 37.6. The molecule has 0 unspecified atom stereocenters. The number of hydrogen-bond acceptors (Lipinski definition) is 7. The van der Waals surface area contributed by atoms with Crippen molar-refractivity contribution in [3.63, 3.8) is 0 Å². The number of nitrogens with one attached hydrogen (secondary N) is 1. The van der Waals surface area contributed by atoms with Gasteiger partial charge in [-0.3, -0.25) is 4.79 Å². The molecular formula is C20H23NO6S. The minimum Gasteiger partial charge on any atom is -0.462 e. The van der Waals surface area contributed by atoms with Crippen LogP contribution in [0.2, 0.25) is 0 Å². The summed E-state index contributed by atoms with van der Waals surface area (Å²) in [5.41, 5.74) is 2.03. The van der Waals surface area contributed by atoms with Crippen molar-refractivity contribution in [2.75, 3.05) is 32.2 Å². The van der Waals surface area contributed by atoms with Crippen LogP contribution < -0.4 is 5.32 Å². The quantitative estimate of drug-likeness (QED) is 0.533. The lowest BCUT2D eigenvalue weighted by Gasteiger charge is -2.07. The predicted octanol–water partition coefficient (Wildman–Crippen LogP) is 3.60. The average molecular weight is 405 g/mol. The highest BCUT2D eigenvalue weighted by Gasteiger charge is 2.27. The third kappa shape index (κ3) is 5.17. The Kier molecular flexibility index (Phi) is 7.71. The Balaban J connectivity index is 2.33. The first-order chi connectivity index (χ1) is 13.4. The molecule has 0 fully saturated rings. The minimum absolute atomic E-state index is 0.0898. The first kappa shape index (κ1) is 21.6. The fourth-order valence-electron chi connectivity index (χ4n) is 2.41. The molecule has 0 saturated carbocycles. The number of hydrogen-bond donors (Lipinski definition) is 1. The Bertz CT molecular complexity index is 856. The van der Waals surface area contributed by atoms with Crippen LogP contribution in [0.25, 0.3) is 0 Å². The highest BCUT2D eigenvalue weighted by molar-refractivity contribution is 7.18. The summed E-state index contributed by atoms with van der Waals surface area (Å²) >= 11 is 0.984. The molecule has 0 spiro atoms. The lowest BCUT2D eigenvalue weighted by Crippen LogP contribution is -2.15. The van der Waals surface area contributed by atoms with E-state index in [0.29, 0.717) is 11.1 Å². The lowest BCUT2D eigenvalue weighted by atomic mass is 10.1. The van der Waals surface area contributed by atoms with Crippen LogP contribution in [0.15, 0.2) is 24.3 Å². The van der Waals surface area contributed by atoms with E-state index in [4.69, 9.17) is 14.2 Å². The molecule has 0 aliphatic rings. The van der Waals surface area contributed by atoms with Gasteiger partial charge in [-0.25, -0.2) is 9.59 Å². The van der Waals surface area contributed by atoms with Crippen molar-refractivity contribution in [1.82, 2.24) is 0 Å². The first-order valence-corrected chi connectivity index (χ1v) is 9.55. The highest BCUT2D eigenvalue weighted by Crippen LogP contribution is 2.34. The molecule has 28 heavy (non-hydrogen) atoms. The van der Waals surface area contributed by atoms with E-state index in [1.54, 1.807) is 26.0 Å². The van der Waals surface area contributed by atoms with Crippen LogP contribution in [0, 0.1) is 13.8 Å². The van der Waals surface area contributed by atoms with Crippen molar-refractivity contribution in [1.29, 1.82) is 0 Å². The van der Waals surface area contributed by atoms with Gasteiger partial charge in [0.1, 0.15) is 16.5 Å². The molecule has 0 bridgehead atoms. The van der Waals surface area contributed by atoms with E-state index in [9.17, 15) is 14.4 Å². The maximum Gasteiger partial charge on any atom is 0.348 e. The van der Waals surface area contributed by atoms with E-state index in [1.165, 1.54) is 7.11 Å². The number of aryl methyl sites for hydroxylation is 1. The topological polar surface area (TPSA) is 90.9 Å². The van der Waals surface area contributed by atoms with E-state index < -0.39 is 11.9 Å². The molecule has 1 N–H and O–H groups in total. The average Bonchev–Trinajstić information content (AvgIpc) is 2.98. The molecule has 0 atom stereocenters. The third-order valence-electron chi connectivity index (χ3n) is 3.87. The largest absolute Gasteiger partial charge is 0.462 e. The van der Waals surface area contributed by atoms with Gasteiger partial charge in [0.25, 0.3) is 5.91 Å². The van der Waals surface area contributed by atoms with Crippen LogP contribution in [0.4, 0.5) is 5.00 Å². The Morgan fingerprint density at radius 1 is 1.00 bits per heavy atom. The van der Waals surface area contributed by atoms with Gasteiger partial charge in [-0.15, -0.1) is 11.3 Å². The molecule has 7 nitrogen and oxygen atoms in total. The van der Waals surface area contributed by atoms with Crippen molar-refractivity contribution in [2.45, 2.75) is 20.8 Å². The molecule has 150 valence electrons. The molecular weight excluding hydrogens is 382 g/mol. The molecule has 0 aliphatic carbocycles. The number of benzene rings is 1. The Labute approximate surface area is 167 Å². The fraction of sp³-hybridized carbons (Fsp3) is 0.350. The zero-order valence-corrected chi connectivity index (χ0v) is 17.1. The summed E-state index contributed by atoms with van der Waals surface area (Å²) in [7, 11) is 1.50. The summed E-state index contributed by atoms with van der Waals surface area (Å²) in [5.74, 6) is -1.57. The summed E-state index contributed by atoms with van der Waals surface area (Å²) in [6, 6.07) is 7.02. The van der Waals surface area contributed by atoms with Gasteiger partial charge in [0, 0.05) is 12.7 Å². The number of esters is 2. The molecule has 0 saturated heterocycles. The number of carbonyl (C=O) groups is 3. The van der Waals surface area contributed by atoms with Gasteiger partial charge in [0.2, 0.25) is 0 Å². The normalized spacial score (nSPS) is 10.4. The van der Waals surface area contributed by atoms with Gasteiger partial charge in [0.15, 0.2) is 0 Å². The first-order valence-electron chi connectivity index (χ1n) is 8.73. The number of carbonyl (C=O) groups excluding carboxylic acids is 3. The Hall–Kier alpha value is -2.71. The van der Waals surface area contributed by atoms with Gasteiger partial charge >= 0.3 is 11.9 Å². The molecule has 2 aromatic rings. The Morgan fingerprint density at radius 3 is 2.29 bits per heavy atom. The van der Waals surface area contributed by atoms with Crippen molar-refractivity contribution < 1.29 is 28.6 Å². The van der Waals surface area contributed by atoms with Crippen LogP contribution in [0.3, 0.4) is 0 Å². The van der Waals surface area contributed by atoms with Crippen LogP contribution in [0.5, 0.6) is 0 Å². The van der Waals surface area contributed by atoms with Crippen molar-refractivity contribution in [2.24, 2.45) is 0 Å². The smallest absolute Gasteiger partial charge is 0.348 e. The second-order valence-corrected chi connectivity index (χ2v) is 6.95. The van der Waals surface area contributed by atoms with Gasteiger partial charge in [-0.2, -0.15) is 0 Å². The molecule has 2 rings (SSSR count). The van der Waals surface area contributed by atoms with Gasteiger partial charge in [0.05, 0.1) is 18.8 Å². The van der Waals surface area contributed by atoms with Gasteiger partial charge in [-0.1, -0.05) is 17.7 Å². The molecule has 0 aliphatic heterocycles. The summed E-state index contributed by atoms with van der Waals surface area (Å²) in [5, 5.41) is 2.97. The van der Waals surface area contributed by atoms with Gasteiger partial charge < -0.3 is 19.5 Å². The standard InChI is InChI=1S/C20H23NO6S/c1-5-26-19(23)15-13(3)16(20(24)27-11-10-25-4)28-18(15)21-17(22)14-8-6-12(2)7-9-14/h6-9H,5,10-11H2,1-4H3,(H,21,22). The molecule has 1 amide bonds. The van der Waals surface area contributed by atoms with E-state index in [0.717, 1.165) is 16.9 Å². The lowest BCUT2D eigenvalue weighted by molar-refractivity contribution is 0.0392. The van der Waals surface area contributed by atoms with Crippen LogP contribution in [-0.4, -0.2) is 44.8 Å². The van der Waals surface area contributed by atoms with Gasteiger partial charge in [-0.05, 0) is 38.5 Å². The van der Waals surface area contributed by atoms with E-state index in [1.807, 2.05) is 19.1 Å². The Morgan fingerprint density at radius 2 is 1.68 bits per heavy atom. The molecule has 8 heteroatoms. The molecule has 0 radical (unpaired) electrons. The van der Waals surface area contributed by atoms with Crippen molar-refractivity contribution >= 4 is 34.2 Å². The van der Waals surface area contributed by atoms with Crippen molar-refractivity contribution in [3.05, 3.63) is 51.4 Å². The summed E-state index contributed by atoms with van der Waals surface area (Å²) < 4.78 is 15.1. The number of amides is 1. The fourth-order valence-corrected chi connectivity index (χ4v) is 3.49. The number of methoxy groups -OCH3 is 1. The zero-order valence-electron chi connectivity index (χ0n) is 16.3. The second kappa shape index (κ2) is 10.0. The molecule has 1 aromatic heterocycles. The van der Waals surface area contributed by atoms with E-state index in [-0.39, 0.29) is 41.2 Å². The van der Waals surface area contributed by atoms with E-state index in [2.05, 4.69) is 5.32 Å². The summed E-state index contributed by atoms with van der Waals surface area (Å²) in [6.07, 6.45) is 0. The van der Waals surface area contributed by atoms with E-state index >= 15 is 0 Å². The monoisotopic (exact) mass is 405 g/mol. The molecule has 1 heterocycles. The third-order valence-corrected chi connectivity index (χ3v) is 5.06. The number of ether oxygens (including phenoxy) is 3. The molecule has 1 aromatic carbocycles. The highest BCUT2D eigenvalue weighted by atomic mass is 32.1. The zero-order chi connectivity index (χ0) is 20.7. The summed E-state index contributed by atoms with van der Waals surface area (Å²) in [6.45, 7) is 5.75. The van der Waals surface area contributed by atoms with Crippen molar-refractivity contribution in [3.8, 4) is 0 Å². The SMILES string of the molecule is CCOC(=O)c1c(NC(=O)c2ccc(C)cc2)sc(C(=O)OCCOC)c1C. The number of thiophene rings is 1. The minimum atomic E-state index is -0.605. The number of anilines is 1. The predicted molar refractivity (Wildman–Crippen MR) is 106 cm³/mol. The number of rotatable bonds is 8.